The molecule has 2 rings (SSSR count). The molecule has 2 aromatic heterocycles. The van der Waals surface area contributed by atoms with Gasteiger partial charge in [-0.2, -0.15) is 0 Å². The van der Waals surface area contributed by atoms with Gasteiger partial charge in [0.15, 0.2) is 10.7 Å². The fourth-order valence-corrected chi connectivity index (χ4v) is 1.82. The Morgan fingerprint density at radius 2 is 2.13 bits per heavy atom. The van der Waals surface area contributed by atoms with Gasteiger partial charge >= 0.3 is 5.69 Å². The molecule has 0 saturated carbocycles. The first-order valence-electron chi connectivity index (χ1n) is 3.82. The lowest BCUT2D eigenvalue weighted by molar-refractivity contribution is -0.383. The van der Waals surface area contributed by atoms with Gasteiger partial charge in [-0.05, 0) is 0 Å². The van der Waals surface area contributed by atoms with Crippen LogP contribution in [0, 0.1) is 10.1 Å². The smallest absolute Gasteiger partial charge is 0.328 e. The number of nitro groups is 1. The summed E-state index contributed by atoms with van der Waals surface area (Å²) in [5.74, 6) is 0. The zero-order chi connectivity index (χ0) is 11.2. The highest BCUT2D eigenvalue weighted by Gasteiger charge is 2.24. The minimum absolute atomic E-state index is 0.0567. The second kappa shape index (κ2) is 3.32. The highest BCUT2D eigenvalue weighted by Crippen LogP contribution is 2.33. The molecule has 0 aliphatic rings. The molecule has 8 heteroatoms. The Morgan fingerprint density at radius 1 is 1.47 bits per heavy atom. The molecule has 0 fully saturated rings. The second-order valence-electron chi connectivity index (χ2n) is 2.85. The summed E-state index contributed by atoms with van der Waals surface area (Å²) in [6, 6.07) is 0. The first-order chi connectivity index (χ1) is 7.02. The van der Waals surface area contributed by atoms with Crippen molar-refractivity contribution in [3.05, 3.63) is 26.7 Å². The van der Waals surface area contributed by atoms with E-state index in [1.54, 1.807) is 7.05 Å². The third-order valence-electron chi connectivity index (χ3n) is 1.93. The number of hydrogen-bond donors (Lipinski definition) is 0. The zero-order valence-electron chi connectivity index (χ0n) is 7.44. The molecule has 78 valence electrons. The minimum atomic E-state index is -0.602. The van der Waals surface area contributed by atoms with Gasteiger partial charge in [-0.1, -0.05) is 23.2 Å². The van der Waals surface area contributed by atoms with Crippen molar-refractivity contribution >= 4 is 39.9 Å². The third-order valence-corrected chi connectivity index (χ3v) is 2.46. The van der Waals surface area contributed by atoms with Crippen LogP contribution < -0.4 is 0 Å². The van der Waals surface area contributed by atoms with Crippen molar-refractivity contribution < 1.29 is 4.92 Å². The van der Waals surface area contributed by atoms with E-state index in [0.29, 0.717) is 0 Å². The van der Waals surface area contributed by atoms with Crippen LogP contribution >= 0.6 is 23.2 Å². The highest BCUT2D eigenvalue weighted by atomic mass is 35.5. The maximum absolute atomic E-state index is 10.8. The van der Waals surface area contributed by atoms with Gasteiger partial charge in [-0.3, -0.25) is 10.1 Å². The lowest BCUT2D eigenvalue weighted by Gasteiger charge is -1.99. The van der Waals surface area contributed by atoms with Crippen LogP contribution in [0.15, 0.2) is 6.33 Å². The van der Waals surface area contributed by atoms with Gasteiger partial charge in [-0.25, -0.2) is 9.97 Å². The molecule has 0 spiro atoms. The van der Waals surface area contributed by atoms with E-state index in [4.69, 9.17) is 23.2 Å². The van der Waals surface area contributed by atoms with Crippen molar-refractivity contribution in [2.75, 3.05) is 0 Å². The van der Waals surface area contributed by atoms with Crippen molar-refractivity contribution in [2.24, 2.45) is 7.05 Å². The first kappa shape index (κ1) is 10.1. The standard InChI is InChI=1S/C7H4Cl2N4O2/c1-12-2-10-3-4(12)5(13(14)15)7(9)11-6(3)8/h2H,1H3. The normalized spacial score (nSPS) is 10.9. The molecule has 2 heterocycles. The highest BCUT2D eigenvalue weighted by molar-refractivity contribution is 6.37. The van der Waals surface area contributed by atoms with Gasteiger partial charge in [0.05, 0.1) is 11.3 Å². The quantitative estimate of drug-likeness (QED) is 0.439. The number of halogens is 2. The predicted molar refractivity (Wildman–Crippen MR) is 55.2 cm³/mol. The third kappa shape index (κ3) is 1.42. The molecule has 0 unspecified atom stereocenters. The van der Waals surface area contributed by atoms with E-state index < -0.39 is 4.92 Å². The summed E-state index contributed by atoms with van der Waals surface area (Å²) in [5.41, 5.74) is 0.260. The molecule has 0 aliphatic carbocycles. The molecular formula is C7H4Cl2N4O2. The van der Waals surface area contributed by atoms with Crippen molar-refractivity contribution in [3.8, 4) is 0 Å². The summed E-state index contributed by atoms with van der Waals surface area (Å²) in [6.07, 6.45) is 1.42. The average molecular weight is 247 g/mol. The maximum Gasteiger partial charge on any atom is 0.332 e. The van der Waals surface area contributed by atoms with E-state index in [-0.39, 0.29) is 27.0 Å². The van der Waals surface area contributed by atoms with E-state index in [0.717, 1.165) is 0 Å². The van der Waals surface area contributed by atoms with Gasteiger partial charge in [0.25, 0.3) is 0 Å². The molecule has 0 N–H and O–H groups in total. The van der Waals surface area contributed by atoms with Crippen LogP contribution in [0.25, 0.3) is 11.0 Å². The topological polar surface area (TPSA) is 73.8 Å². The van der Waals surface area contributed by atoms with Gasteiger partial charge in [0, 0.05) is 7.05 Å². The second-order valence-corrected chi connectivity index (χ2v) is 3.57. The lowest BCUT2D eigenvalue weighted by atomic mass is 10.3. The number of hydrogen-bond acceptors (Lipinski definition) is 4. The number of fused-ring (bicyclic) bond motifs is 1. The molecule has 0 aliphatic heterocycles. The Labute approximate surface area is 93.6 Å². The monoisotopic (exact) mass is 246 g/mol. The van der Waals surface area contributed by atoms with Crippen LogP contribution in [0.2, 0.25) is 10.3 Å². The Kier molecular flexibility index (Phi) is 2.24. The molecular weight excluding hydrogens is 243 g/mol. The Balaban J connectivity index is 3.00. The summed E-state index contributed by atoms with van der Waals surface area (Å²) >= 11 is 11.4. The fourth-order valence-electron chi connectivity index (χ4n) is 1.31. The van der Waals surface area contributed by atoms with E-state index >= 15 is 0 Å². The van der Waals surface area contributed by atoms with Crippen LogP contribution in [0.5, 0.6) is 0 Å². The van der Waals surface area contributed by atoms with Crippen molar-refractivity contribution in [1.82, 2.24) is 14.5 Å². The van der Waals surface area contributed by atoms with Crippen LogP contribution in [0.3, 0.4) is 0 Å². The van der Waals surface area contributed by atoms with Gasteiger partial charge in [-0.15, -0.1) is 0 Å². The van der Waals surface area contributed by atoms with Crippen LogP contribution in [0.1, 0.15) is 0 Å². The Bertz CT molecular complexity index is 566. The van der Waals surface area contributed by atoms with E-state index in [1.165, 1.54) is 10.9 Å². The largest absolute Gasteiger partial charge is 0.332 e. The summed E-state index contributed by atoms with van der Waals surface area (Å²) in [4.78, 5) is 17.7. The Morgan fingerprint density at radius 3 is 2.73 bits per heavy atom. The van der Waals surface area contributed by atoms with Crippen molar-refractivity contribution in [1.29, 1.82) is 0 Å². The molecule has 15 heavy (non-hydrogen) atoms. The van der Waals surface area contributed by atoms with E-state index in [2.05, 4.69) is 9.97 Å². The molecule has 0 saturated heterocycles. The van der Waals surface area contributed by atoms with Gasteiger partial charge in [0.1, 0.15) is 5.52 Å². The summed E-state index contributed by atoms with van der Waals surface area (Å²) in [7, 11) is 1.62. The lowest BCUT2D eigenvalue weighted by Crippen LogP contribution is -1.97. The van der Waals surface area contributed by atoms with E-state index in [1.807, 2.05) is 0 Å². The van der Waals surface area contributed by atoms with Crippen molar-refractivity contribution in [3.63, 3.8) is 0 Å². The molecule has 0 radical (unpaired) electrons. The van der Waals surface area contributed by atoms with Crippen LogP contribution in [-0.2, 0) is 7.05 Å². The fraction of sp³-hybridized carbons (Fsp3) is 0.143. The van der Waals surface area contributed by atoms with Crippen LogP contribution in [-0.4, -0.2) is 19.5 Å². The average Bonchev–Trinajstić information content (AvgIpc) is 2.48. The zero-order valence-corrected chi connectivity index (χ0v) is 8.95. The molecule has 0 aromatic carbocycles. The van der Waals surface area contributed by atoms with Gasteiger partial charge in [0.2, 0.25) is 5.15 Å². The molecule has 0 bridgehead atoms. The number of nitrogens with zero attached hydrogens (tertiary/aromatic N) is 4. The number of aryl methyl sites for hydroxylation is 1. The summed E-state index contributed by atoms with van der Waals surface area (Å²) < 4.78 is 1.48. The number of rotatable bonds is 1. The minimum Gasteiger partial charge on any atom is -0.328 e. The summed E-state index contributed by atoms with van der Waals surface area (Å²) in [6.45, 7) is 0. The SMILES string of the molecule is Cn1cnc2c(Cl)nc(Cl)c([N+](=O)[O-])c21. The van der Waals surface area contributed by atoms with Gasteiger partial charge < -0.3 is 4.57 Å². The molecule has 2 aromatic rings. The van der Waals surface area contributed by atoms with Crippen LogP contribution in [0.4, 0.5) is 5.69 Å². The number of pyridine rings is 1. The Hall–Kier alpha value is -1.40. The molecule has 0 atom stereocenters. The number of aromatic nitrogens is 3. The van der Waals surface area contributed by atoms with E-state index in [9.17, 15) is 10.1 Å². The maximum atomic E-state index is 10.8. The van der Waals surface area contributed by atoms with Crippen molar-refractivity contribution in [2.45, 2.75) is 0 Å². The molecule has 6 nitrogen and oxygen atoms in total. The molecule has 0 amide bonds. The summed E-state index contributed by atoms with van der Waals surface area (Å²) in [5, 5.41) is 10.6. The first-order valence-corrected chi connectivity index (χ1v) is 4.58. The predicted octanol–water partition coefficient (Wildman–Crippen LogP) is 2.18. The number of imidazole rings is 1.